The second-order valence-corrected chi connectivity index (χ2v) is 5.10. The van der Waals surface area contributed by atoms with E-state index in [9.17, 15) is 0 Å². The third-order valence-electron chi connectivity index (χ3n) is 3.34. The summed E-state index contributed by atoms with van der Waals surface area (Å²) in [6.07, 6.45) is 2.38. The number of hydrogen-bond acceptors (Lipinski definition) is 3. The molecule has 0 amide bonds. The molecule has 3 nitrogen and oxygen atoms in total. The molecule has 0 aliphatic carbocycles. The molecule has 0 radical (unpaired) electrons. The molecule has 0 aliphatic rings. The Kier molecular flexibility index (Phi) is 9.09. The first-order chi connectivity index (χ1) is 9.80. The molecular formula is C17H30N2O. The highest BCUT2D eigenvalue weighted by atomic mass is 16.5. The number of nitrogens with zero attached hydrogens (tertiary/aromatic N) is 1. The van der Waals surface area contributed by atoms with E-state index in [0.717, 1.165) is 45.1 Å². The Bertz CT molecular complexity index is 337. The van der Waals surface area contributed by atoms with Crippen molar-refractivity contribution in [2.24, 2.45) is 0 Å². The van der Waals surface area contributed by atoms with E-state index in [1.165, 1.54) is 18.4 Å². The Morgan fingerprint density at radius 3 is 2.35 bits per heavy atom. The Morgan fingerprint density at radius 2 is 1.75 bits per heavy atom. The lowest BCUT2D eigenvalue weighted by Crippen LogP contribution is -2.28. The van der Waals surface area contributed by atoms with Gasteiger partial charge in [0.1, 0.15) is 12.4 Å². The Morgan fingerprint density at radius 1 is 1.00 bits per heavy atom. The lowest BCUT2D eigenvalue weighted by Gasteiger charge is -2.19. The lowest BCUT2D eigenvalue weighted by molar-refractivity contribution is 0.216. The second kappa shape index (κ2) is 10.7. The van der Waals surface area contributed by atoms with E-state index in [1.807, 2.05) is 0 Å². The molecule has 0 heterocycles. The standard InChI is InChI=1S/C17H30N2O/c1-4-11-18-15-16-7-9-17(10-8-16)20-14-13-19(6-3)12-5-2/h7-10,18H,4-6,11-15H2,1-3H3. The molecule has 0 saturated heterocycles. The number of rotatable bonds is 11. The zero-order valence-corrected chi connectivity index (χ0v) is 13.3. The fourth-order valence-electron chi connectivity index (χ4n) is 2.15. The summed E-state index contributed by atoms with van der Waals surface area (Å²) in [5.74, 6) is 0.969. The van der Waals surface area contributed by atoms with Gasteiger partial charge in [0.05, 0.1) is 0 Å². The van der Waals surface area contributed by atoms with Crippen LogP contribution in [0, 0.1) is 0 Å². The summed E-state index contributed by atoms with van der Waals surface area (Å²) in [6.45, 7) is 12.6. The minimum Gasteiger partial charge on any atom is -0.492 e. The molecule has 0 saturated carbocycles. The third kappa shape index (κ3) is 6.92. The van der Waals surface area contributed by atoms with Crippen molar-refractivity contribution >= 4 is 0 Å². The van der Waals surface area contributed by atoms with Gasteiger partial charge in [0.25, 0.3) is 0 Å². The number of benzene rings is 1. The molecule has 0 aliphatic heterocycles. The van der Waals surface area contributed by atoms with Crippen LogP contribution in [-0.2, 0) is 6.54 Å². The van der Waals surface area contributed by atoms with Crippen molar-refractivity contribution in [2.45, 2.75) is 40.2 Å². The first-order valence-electron chi connectivity index (χ1n) is 7.94. The SMILES string of the molecule is CCCNCc1ccc(OCCN(CC)CCC)cc1. The molecule has 1 rings (SSSR count). The average molecular weight is 278 g/mol. The third-order valence-corrected chi connectivity index (χ3v) is 3.34. The molecule has 3 heteroatoms. The van der Waals surface area contributed by atoms with E-state index in [-0.39, 0.29) is 0 Å². The molecule has 0 bridgehead atoms. The summed E-state index contributed by atoms with van der Waals surface area (Å²) >= 11 is 0. The van der Waals surface area contributed by atoms with Crippen molar-refractivity contribution in [2.75, 3.05) is 32.8 Å². The highest BCUT2D eigenvalue weighted by Crippen LogP contribution is 2.12. The minimum atomic E-state index is 0.765. The van der Waals surface area contributed by atoms with E-state index in [2.05, 4.69) is 55.3 Å². The maximum Gasteiger partial charge on any atom is 0.119 e. The van der Waals surface area contributed by atoms with Crippen molar-refractivity contribution in [3.8, 4) is 5.75 Å². The van der Waals surface area contributed by atoms with Gasteiger partial charge in [-0.3, -0.25) is 0 Å². The molecule has 0 spiro atoms. The van der Waals surface area contributed by atoms with Crippen LogP contribution < -0.4 is 10.1 Å². The highest BCUT2D eigenvalue weighted by molar-refractivity contribution is 5.27. The maximum atomic E-state index is 5.80. The van der Waals surface area contributed by atoms with Crippen LogP contribution in [0.5, 0.6) is 5.75 Å². The van der Waals surface area contributed by atoms with Gasteiger partial charge in [-0.05, 0) is 50.2 Å². The Hall–Kier alpha value is -1.06. The molecule has 0 unspecified atom stereocenters. The summed E-state index contributed by atoms with van der Waals surface area (Å²) < 4.78 is 5.80. The van der Waals surface area contributed by atoms with Crippen LogP contribution in [0.4, 0.5) is 0 Å². The van der Waals surface area contributed by atoms with Crippen molar-refractivity contribution in [3.63, 3.8) is 0 Å². The maximum absolute atomic E-state index is 5.80. The van der Waals surface area contributed by atoms with Gasteiger partial charge in [-0.2, -0.15) is 0 Å². The fraction of sp³-hybridized carbons (Fsp3) is 0.647. The first kappa shape index (κ1) is 17.0. The second-order valence-electron chi connectivity index (χ2n) is 5.10. The smallest absolute Gasteiger partial charge is 0.119 e. The topological polar surface area (TPSA) is 24.5 Å². The first-order valence-corrected chi connectivity index (χ1v) is 7.94. The number of hydrogen-bond donors (Lipinski definition) is 1. The van der Waals surface area contributed by atoms with E-state index in [0.29, 0.717) is 0 Å². The summed E-state index contributed by atoms with van der Waals surface area (Å²) in [5.41, 5.74) is 1.31. The zero-order valence-electron chi connectivity index (χ0n) is 13.3. The zero-order chi connectivity index (χ0) is 14.6. The molecule has 0 atom stereocenters. The van der Waals surface area contributed by atoms with Crippen LogP contribution in [-0.4, -0.2) is 37.7 Å². The van der Waals surface area contributed by atoms with Gasteiger partial charge in [0.15, 0.2) is 0 Å². The Balaban J connectivity index is 2.27. The van der Waals surface area contributed by atoms with Gasteiger partial charge < -0.3 is 15.0 Å². The van der Waals surface area contributed by atoms with Gasteiger partial charge in [0.2, 0.25) is 0 Å². The predicted molar refractivity (Wildman–Crippen MR) is 86.3 cm³/mol. The van der Waals surface area contributed by atoms with Crippen molar-refractivity contribution in [3.05, 3.63) is 29.8 Å². The minimum absolute atomic E-state index is 0.765. The predicted octanol–water partition coefficient (Wildman–Crippen LogP) is 3.30. The van der Waals surface area contributed by atoms with Crippen LogP contribution in [0.15, 0.2) is 24.3 Å². The lowest BCUT2D eigenvalue weighted by atomic mass is 10.2. The van der Waals surface area contributed by atoms with Crippen molar-refractivity contribution in [1.29, 1.82) is 0 Å². The van der Waals surface area contributed by atoms with E-state index in [1.54, 1.807) is 0 Å². The van der Waals surface area contributed by atoms with Crippen LogP contribution in [0.3, 0.4) is 0 Å². The van der Waals surface area contributed by atoms with Gasteiger partial charge in [-0.15, -0.1) is 0 Å². The van der Waals surface area contributed by atoms with Gasteiger partial charge in [0, 0.05) is 13.1 Å². The summed E-state index contributed by atoms with van der Waals surface area (Å²) in [5, 5.41) is 3.40. The molecule has 1 N–H and O–H groups in total. The van der Waals surface area contributed by atoms with Crippen molar-refractivity contribution in [1.82, 2.24) is 10.2 Å². The normalized spacial score (nSPS) is 11.0. The number of ether oxygens (including phenoxy) is 1. The quantitative estimate of drug-likeness (QED) is 0.629. The van der Waals surface area contributed by atoms with Crippen LogP contribution >= 0.6 is 0 Å². The average Bonchev–Trinajstić information content (AvgIpc) is 2.48. The molecule has 0 fully saturated rings. The van der Waals surface area contributed by atoms with Gasteiger partial charge in [-0.1, -0.05) is 32.9 Å². The van der Waals surface area contributed by atoms with Gasteiger partial charge >= 0.3 is 0 Å². The fourth-order valence-corrected chi connectivity index (χ4v) is 2.15. The highest BCUT2D eigenvalue weighted by Gasteiger charge is 2.01. The molecule has 1 aromatic rings. The summed E-state index contributed by atoms with van der Waals surface area (Å²) in [4.78, 5) is 2.42. The largest absolute Gasteiger partial charge is 0.492 e. The van der Waals surface area contributed by atoms with E-state index >= 15 is 0 Å². The Labute approximate surface area is 124 Å². The number of nitrogens with one attached hydrogen (secondary N) is 1. The molecule has 1 aromatic carbocycles. The summed E-state index contributed by atoms with van der Waals surface area (Å²) in [6, 6.07) is 8.42. The van der Waals surface area contributed by atoms with Crippen LogP contribution in [0.25, 0.3) is 0 Å². The van der Waals surface area contributed by atoms with E-state index < -0.39 is 0 Å². The molecule has 20 heavy (non-hydrogen) atoms. The van der Waals surface area contributed by atoms with Crippen molar-refractivity contribution < 1.29 is 4.74 Å². The van der Waals surface area contributed by atoms with E-state index in [4.69, 9.17) is 4.74 Å². The number of likely N-dealkylation sites (N-methyl/N-ethyl adjacent to an activating group) is 1. The molecular weight excluding hydrogens is 248 g/mol. The van der Waals surface area contributed by atoms with Crippen LogP contribution in [0.2, 0.25) is 0 Å². The molecule has 114 valence electrons. The summed E-state index contributed by atoms with van der Waals surface area (Å²) in [7, 11) is 0. The monoisotopic (exact) mass is 278 g/mol. The van der Waals surface area contributed by atoms with Gasteiger partial charge in [-0.25, -0.2) is 0 Å². The molecule has 0 aromatic heterocycles. The van der Waals surface area contributed by atoms with Crippen LogP contribution in [0.1, 0.15) is 39.2 Å².